The fraction of sp³-hybridized carbons (Fsp3) is 0.200. The predicted molar refractivity (Wildman–Crippen MR) is 80.6 cm³/mol. The molecule has 1 unspecified atom stereocenters. The molecule has 0 saturated carbocycles. The van der Waals surface area contributed by atoms with Crippen molar-refractivity contribution in [3.05, 3.63) is 63.2 Å². The summed E-state index contributed by atoms with van der Waals surface area (Å²) in [7, 11) is 0. The van der Waals surface area contributed by atoms with Crippen LogP contribution in [0.5, 0.6) is 5.75 Å². The average molecular weight is 354 g/mol. The van der Waals surface area contributed by atoms with E-state index in [9.17, 15) is 5.11 Å². The molecule has 0 bridgehead atoms. The number of aliphatic hydroxyl groups is 1. The van der Waals surface area contributed by atoms with E-state index in [4.69, 9.17) is 4.74 Å². The van der Waals surface area contributed by atoms with Crippen molar-refractivity contribution in [1.82, 2.24) is 0 Å². The SMILES string of the molecule is CC(O)c1ccccc1OCc1ccc(I)cc1. The maximum Gasteiger partial charge on any atom is 0.125 e. The van der Waals surface area contributed by atoms with E-state index in [2.05, 4.69) is 34.7 Å². The molecular formula is C15H15IO2. The Morgan fingerprint density at radius 2 is 1.78 bits per heavy atom. The molecule has 0 radical (unpaired) electrons. The zero-order valence-corrected chi connectivity index (χ0v) is 12.3. The largest absolute Gasteiger partial charge is 0.489 e. The van der Waals surface area contributed by atoms with Crippen molar-refractivity contribution in [2.24, 2.45) is 0 Å². The van der Waals surface area contributed by atoms with Gasteiger partial charge in [-0.2, -0.15) is 0 Å². The molecule has 0 aliphatic carbocycles. The van der Waals surface area contributed by atoms with Crippen molar-refractivity contribution in [1.29, 1.82) is 0 Å². The van der Waals surface area contributed by atoms with Gasteiger partial charge >= 0.3 is 0 Å². The molecule has 3 heteroatoms. The molecule has 0 aliphatic heterocycles. The fourth-order valence-corrected chi connectivity index (χ4v) is 2.06. The first kappa shape index (κ1) is 13.4. The summed E-state index contributed by atoms with van der Waals surface area (Å²) in [6.45, 7) is 2.26. The van der Waals surface area contributed by atoms with Gasteiger partial charge < -0.3 is 9.84 Å². The van der Waals surface area contributed by atoms with Crippen molar-refractivity contribution in [2.45, 2.75) is 19.6 Å². The number of halogens is 1. The Morgan fingerprint density at radius 3 is 2.44 bits per heavy atom. The summed E-state index contributed by atoms with van der Waals surface area (Å²) in [6.07, 6.45) is -0.516. The van der Waals surface area contributed by atoms with Crippen LogP contribution in [0.25, 0.3) is 0 Å². The Morgan fingerprint density at radius 1 is 1.11 bits per heavy atom. The van der Waals surface area contributed by atoms with Gasteiger partial charge in [-0.05, 0) is 53.3 Å². The molecule has 2 aromatic rings. The van der Waals surface area contributed by atoms with Gasteiger partial charge in [0, 0.05) is 9.13 Å². The summed E-state index contributed by atoms with van der Waals surface area (Å²) in [6, 6.07) is 15.8. The third kappa shape index (κ3) is 3.46. The van der Waals surface area contributed by atoms with E-state index in [1.807, 2.05) is 36.4 Å². The minimum Gasteiger partial charge on any atom is -0.489 e. The summed E-state index contributed by atoms with van der Waals surface area (Å²) in [5.74, 6) is 0.742. The van der Waals surface area contributed by atoms with Crippen LogP contribution in [0.3, 0.4) is 0 Å². The van der Waals surface area contributed by atoms with Gasteiger partial charge in [0.25, 0.3) is 0 Å². The van der Waals surface area contributed by atoms with Crippen LogP contribution in [0, 0.1) is 3.57 Å². The van der Waals surface area contributed by atoms with Crippen molar-refractivity contribution in [3.8, 4) is 5.75 Å². The third-order valence-electron chi connectivity index (χ3n) is 2.68. The minimum absolute atomic E-state index is 0.515. The van der Waals surface area contributed by atoms with Crippen molar-refractivity contribution < 1.29 is 9.84 Å². The minimum atomic E-state index is -0.516. The maximum atomic E-state index is 9.66. The summed E-state index contributed by atoms with van der Waals surface area (Å²) in [5.41, 5.74) is 1.94. The van der Waals surface area contributed by atoms with Crippen LogP contribution in [0.15, 0.2) is 48.5 Å². The van der Waals surface area contributed by atoms with Gasteiger partial charge in [-0.25, -0.2) is 0 Å². The van der Waals surface area contributed by atoms with E-state index < -0.39 is 6.10 Å². The second-order valence-electron chi connectivity index (χ2n) is 4.13. The Hall–Kier alpha value is -1.07. The lowest BCUT2D eigenvalue weighted by Crippen LogP contribution is -2.00. The topological polar surface area (TPSA) is 29.5 Å². The van der Waals surface area contributed by atoms with Crippen LogP contribution in [-0.2, 0) is 6.61 Å². The average Bonchev–Trinajstić information content (AvgIpc) is 2.38. The molecule has 0 aliphatic rings. The van der Waals surface area contributed by atoms with Crippen LogP contribution in [0.4, 0.5) is 0 Å². The maximum absolute atomic E-state index is 9.66. The molecular weight excluding hydrogens is 339 g/mol. The first-order valence-corrected chi connectivity index (χ1v) is 6.89. The first-order valence-electron chi connectivity index (χ1n) is 5.81. The lowest BCUT2D eigenvalue weighted by atomic mass is 10.1. The Labute approximate surface area is 121 Å². The van der Waals surface area contributed by atoms with E-state index >= 15 is 0 Å². The van der Waals surface area contributed by atoms with Gasteiger partial charge in [-0.1, -0.05) is 30.3 Å². The molecule has 2 rings (SSSR count). The van der Waals surface area contributed by atoms with E-state index in [1.54, 1.807) is 6.92 Å². The molecule has 1 atom stereocenters. The quantitative estimate of drug-likeness (QED) is 0.844. The van der Waals surface area contributed by atoms with E-state index in [0.717, 1.165) is 16.9 Å². The number of aliphatic hydroxyl groups excluding tert-OH is 1. The molecule has 18 heavy (non-hydrogen) atoms. The monoisotopic (exact) mass is 354 g/mol. The summed E-state index contributed by atoms with van der Waals surface area (Å²) >= 11 is 2.28. The van der Waals surface area contributed by atoms with Crippen LogP contribution in [-0.4, -0.2) is 5.11 Å². The number of para-hydroxylation sites is 1. The van der Waals surface area contributed by atoms with Gasteiger partial charge in [-0.15, -0.1) is 0 Å². The molecule has 0 spiro atoms. The van der Waals surface area contributed by atoms with Gasteiger partial charge in [0.15, 0.2) is 0 Å². The standard InChI is InChI=1S/C15H15IO2/c1-11(17)14-4-2-3-5-15(14)18-10-12-6-8-13(16)9-7-12/h2-9,11,17H,10H2,1H3. The molecule has 0 amide bonds. The highest BCUT2D eigenvalue weighted by Crippen LogP contribution is 2.25. The predicted octanol–water partition coefficient (Wildman–Crippen LogP) is 3.92. The van der Waals surface area contributed by atoms with Crippen molar-refractivity contribution in [3.63, 3.8) is 0 Å². The molecule has 1 N–H and O–H groups in total. The van der Waals surface area contributed by atoms with Gasteiger partial charge in [0.05, 0.1) is 6.10 Å². The van der Waals surface area contributed by atoms with E-state index in [0.29, 0.717) is 6.61 Å². The van der Waals surface area contributed by atoms with E-state index in [-0.39, 0.29) is 0 Å². The summed E-state index contributed by atoms with van der Waals surface area (Å²) in [5, 5.41) is 9.66. The molecule has 0 fully saturated rings. The van der Waals surface area contributed by atoms with Crippen LogP contribution < -0.4 is 4.74 Å². The number of hydrogen-bond acceptors (Lipinski definition) is 2. The van der Waals surface area contributed by atoms with Crippen molar-refractivity contribution in [2.75, 3.05) is 0 Å². The lowest BCUT2D eigenvalue weighted by molar-refractivity contribution is 0.190. The highest BCUT2D eigenvalue weighted by Gasteiger charge is 2.08. The Bertz CT molecular complexity index is 506. The lowest BCUT2D eigenvalue weighted by Gasteiger charge is -2.13. The zero-order chi connectivity index (χ0) is 13.0. The molecule has 2 nitrogen and oxygen atoms in total. The molecule has 2 aromatic carbocycles. The normalized spacial score (nSPS) is 12.2. The smallest absolute Gasteiger partial charge is 0.125 e. The highest BCUT2D eigenvalue weighted by molar-refractivity contribution is 14.1. The molecule has 0 aromatic heterocycles. The number of benzene rings is 2. The molecule has 94 valence electrons. The van der Waals surface area contributed by atoms with Crippen LogP contribution in [0.2, 0.25) is 0 Å². The van der Waals surface area contributed by atoms with E-state index in [1.165, 1.54) is 3.57 Å². The van der Waals surface area contributed by atoms with Gasteiger partial charge in [0.2, 0.25) is 0 Å². The Kier molecular flexibility index (Phi) is 4.60. The molecule has 0 saturated heterocycles. The van der Waals surface area contributed by atoms with Crippen molar-refractivity contribution >= 4 is 22.6 Å². The number of ether oxygens (including phenoxy) is 1. The third-order valence-corrected chi connectivity index (χ3v) is 3.40. The van der Waals surface area contributed by atoms with Crippen LogP contribution in [0.1, 0.15) is 24.2 Å². The van der Waals surface area contributed by atoms with Gasteiger partial charge in [-0.3, -0.25) is 0 Å². The Balaban J connectivity index is 2.08. The summed E-state index contributed by atoms with van der Waals surface area (Å²) < 4.78 is 6.97. The highest BCUT2D eigenvalue weighted by atomic mass is 127. The number of hydrogen-bond donors (Lipinski definition) is 1. The molecule has 0 heterocycles. The first-order chi connectivity index (χ1) is 8.66. The summed E-state index contributed by atoms with van der Waals surface area (Å²) in [4.78, 5) is 0. The number of rotatable bonds is 4. The van der Waals surface area contributed by atoms with Crippen LogP contribution >= 0.6 is 22.6 Å². The van der Waals surface area contributed by atoms with Gasteiger partial charge in [0.1, 0.15) is 12.4 Å². The second kappa shape index (κ2) is 6.20. The second-order valence-corrected chi connectivity index (χ2v) is 5.37. The zero-order valence-electron chi connectivity index (χ0n) is 10.1. The fourth-order valence-electron chi connectivity index (χ4n) is 1.70.